The monoisotopic (exact) mass is 408 g/mol. The summed E-state index contributed by atoms with van der Waals surface area (Å²) in [6.07, 6.45) is 5.43. The van der Waals surface area contributed by atoms with Crippen molar-refractivity contribution in [1.82, 2.24) is 5.32 Å². The lowest BCUT2D eigenvalue weighted by Gasteiger charge is -2.30. The number of benzene rings is 3. The molecule has 1 unspecified atom stereocenters. The first-order chi connectivity index (χ1) is 15.0. The van der Waals surface area contributed by atoms with Gasteiger partial charge in [-0.2, -0.15) is 5.26 Å². The molecule has 3 aromatic rings. The summed E-state index contributed by atoms with van der Waals surface area (Å²) in [5, 5.41) is 11.9. The van der Waals surface area contributed by atoms with Crippen molar-refractivity contribution < 1.29 is 9.59 Å². The van der Waals surface area contributed by atoms with Crippen LogP contribution in [0.15, 0.2) is 78.9 Å². The Hall–Kier alpha value is -4.55. The molecule has 3 N–H and O–H groups in total. The van der Waals surface area contributed by atoms with Gasteiger partial charge in [0.2, 0.25) is 5.91 Å². The zero-order valence-electron chi connectivity index (χ0n) is 16.7. The van der Waals surface area contributed by atoms with Crippen LogP contribution in [0.4, 0.5) is 11.4 Å². The highest BCUT2D eigenvalue weighted by Crippen LogP contribution is 2.29. The predicted octanol–water partition coefficient (Wildman–Crippen LogP) is 3.16. The Bertz CT molecular complexity index is 1160. The Kier molecular flexibility index (Phi) is 6.67. The van der Waals surface area contributed by atoms with E-state index in [0.717, 1.165) is 5.56 Å². The van der Waals surface area contributed by atoms with Gasteiger partial charge in [-0.25, -0.2) is 0 Å². The van der Waals surface area contributed by atoms with E-state index in [1.165, 1.54) is 4.90 Å². The van der Waals surface area contributed by atoms with E-state index in [4.69, 9.17) is 17.4 Å². The highest BCUT2D eigenvalue weighted by molar-refractivity contribution is 6.09. The molecule has 0 saturated heterocycles. The number of carbonyl (C=O) groups is 2. The van der Waals surface area contributed by atoms with Crippen molar-refractivity contribution in [3.63, 3.8) is 0 Å². The predicted molar refractivity (Wildman–Crippen MR) is 119 cm³/mol. The van der Waals surface area contributed by atoms with E-state index >= 15 is 0 Å². The number of rotatable bonds is 6. The summed E-state index contributed by atoms with van der Waals surface area (Å²) in [6, 6.07) is 23.4. The van der Waals surface area contributed by atoms with Crippen LogP contribution in [-0.2, 0) is 16.1 Å². The second-order valence-electron chi connectivity index (χ2n) is 6.75. The van der Waals surface area contributed by atoms with E-state index in [-0.39, 0.29) is 6.54 Å². The standard InChI is InChI=1S/C25H20N4O2/c1-2-23(30)29(22-13-11-18(16-26)12-14-22)24(20-9-6-10-21(27)15-20)25(31)28-17-19-7-4-3-5-8-19/h1,3-15,24H,17,27H2,(H,28,31). The average molecular weight is 408 g/mol. The van der Waals surface area contributed by atoms with Gasteiger partial charge in [-0.1, -0.05) is 42.5 Å². The molecule has 3 aromatic carbocycles. The molecular weight excluding hydrogens is 388 g/mol. The fourth-order valence-electron chi connectivity index (χ4n) is 3.18. The zero-order valence-corrected chi connectivity index (χ0v) is 16.7. The molecule has 31 heavy (non-hydrogen) atoms. The molecule has 0 aromatic heterocycles. The lowest BCUT2D eigenvalue weighted by Crippen LogP contribution is -2.43. The highest BCUT2D eigenvalue weighted by atomic mass is 16.2. The first kappa shape index (κ1) is 21.2. The minimum atomic E-state index is -1.05. The summed E-state index contributed by atoms with van der Waals surface area (Å²) < 4.78 is 0. The third kappa shape index (κ3) is 5.09. The van der Waals surface area contributed by atoms with Gasteiger partial charge < -0.3 is 11.1 Å². The SMILES string of the molecule is C#CC(=O)N(c1ccc(C#N)cc1)C(C(=O)NCc1ccccc1)c1cccc(N)c1. The summed E-state index contributed by atoms with van der Waals surface area (Å²) in [7, 11) is 0. The third-order valence-electron chi connectivity index (χ3n) is 4.66. The topological polar surface area (TPSA) is 99.2 Å². The number of nitriles is 1. The van der Waals surface area contributed by atoms with Crippen molar-refractivity contribution in [1.29, 1.82) is 5.26 Å². The smallest absolute Gasteiger partial charge is 0.303 e. The van der Waals surface area contributed by atoms with Crippen molar-refractivity contribution in [2.75, 3.05) is 10.6 Å². The van der Waals surface area contributed by atoms with Crippen LogP contribution in [0, 0.1) is 23.7 Å². The van der Waals surface area contributed by atoms with Crippen molar-refractivity contribution in [3.05, 3.63) is 95.6 Å². The summed E-state index contributed by atoms with van der Waals surface area (Å²) >= 11 is 0. The normalized spacial score (nSPS) is 10.9. The van der Waals surface area contributed by atoms with Crippen molar-refractivity contribution in [2.45, 2.75) is 12.6 Å². The lowest BCUT2D eigenvalue weighted by atomic mass is 10.0. The van der Waals surface area contributed by atoms with Gasteiger partial charge in [0, 0.05) is 17.9 Å². The Morgan fingerprint density at radius 2 is 1.74 bits per heavy atom. The lowest BCUT2D eigenvalue weighted by molar-refractivity contribution is -0.125. The molecule has 0 spiro atoms. The molecule has 0 fully saturated rings. The largest absolute Gasteiger partial charge is 0.399 e. The van der Waals surface area contributed by atoms with Gasteiger partial charge in [0.1, 0.15) is 6.04 Å². The van der Waals surface area contributed by atoms with E-state index in [1.807, 2.05) is 36.4 Å². The molecule has 2 amide bonds. The van der Waals surface area contributed by atoms with Crippen LogP contribution in [0.1, 0.15) is 22.7 Å². The fourth-order valence-corrected chi connectivity index (χ4v) is 3.18. The van der Waals surface area contributed by atoms with Gasteiger partial charge in [-0.05, 0) is 53.4 Å². The Morgan fingerprint density at radius 3 is 2.35 bits per heavy atom. The average Bonchev–Trinajstić information content (AvgIpc) is 2.81. The minimum Gasteiger partial charge on any atom is -0.399 e. The molecule has 0 saturated carbocycles. The number of nitrogens with two attached hydrogens (primary N) is 1. The van der Waals surface area contributed by atoms with Gasteiger partial charge in [0.25, 0.3) is 0 Å². The molecule has 3 rings (SSSR count). The van der Waals surface area contributed by atoms with Crippen LogP contribution in [-0.4, -0.2) is 11.8 Å². The second kappa shape index (κ2) is 9.78. The maximum atomic E-state index is 13.3. The molecule has 0 bridgehead atoms. The van der Waals surface area contributed by atoms with Crippen LogP contribution >= 0.6 is 0 Å². The number of terminal acetylenes is 1. The fraction of sp³-hybridized carbons (Fsp3) is 0.0800. The van der Waals surface area contributed by atoms with E-state index < -0.39 is 17.9 Å². The van der Waals surface area contributed by atoms with Gasteiger partial charge in [-0.15, -0.1) is 6.42 Å². The molecule has 0 aliphatic carbocycles. The molecule has 0 radical (unpaired) electrons. The van der Waals surface area contributed by atoms with Crippen LogP contribution in [0.2, 0.25) is 0 Å². The van der Waals surface area contributed by atoms with Crippen LogP contribution < -0.4 is 16.0 Å². The number of nitrogen functional groups attached to an aromatic ring is 1. The Labute approximate surface area is 180 Å². The molecule has 6 heteroatoms. The Morgan fingerprint density at radius 1 is 1.03 bits per heavy atom. The first-order valence-electron chi connectivity index (χ1n) is 9.50. The van der Waals surface area contributed by atoms with Gasteiger partial charge in [0.15, 0.2) is 0 Å². The number of nitrogens with one attached hydrogen (secondary N) is 1. The second-order valence-corrected chi connectivity index (χ2v) is 6.75. The zero-order chi connectivity index (χ0) is 22.2. The van der Waals surface area contributed by atoms with Crippen LogP contribution in [0.25, 0.3) is 0 Å². The molecule has 0 heterocycles. The maximum Gasteiger partial charge on any atom is 0.303 e. The molecule has 1 atom stereocenters. The number of hydrogen-bond acceptors (Lipinski definition) is 4. The number of nitrogens with zero attached hydrogens (tertiary/aromatic N) is 2. The van der Waals surface area contributed by atoms with Gasteiger partial charge >= 0.3 is 5.91 Å². The summed E-state index contributed by atoms with van der Waals surface area (Å²) in [5.41, 5.74) is 8.63. The van der Waals surface area contributed by atoms with E-state index in [1.54, 1.807) is 48.5 Å². The van der Waals surface area contributed by atoms with Gasteiger partial charge in [-0.3, -0.25) is 14.5 Å². The number of carbonyl (C=O) groups excluding carboxylic acids is 2. The number of anilines is 2. The van der Waals surface area contributed by atoms with Crippen molar-refractivity contribution >= 4 is 23.2 Å². The van der Waals surface area contributed by atoms with E-state index in [9.17, 15) is 9.59 Å². The van der Waals surface area contributed by atoms with Crippen LogP contribution in [0.3, 0.4) is 0 Å². The molecule has 152 valence electrons. The minimum absolute atomic E-state index is 0.282. The number of hydrogen-bond donors (Lipinski definition) is 2. The molecule has 6 nitrogen and oxygen atoms in total. The van der Waals surface area contributed by atoms with Gasteiger partial charge in [0.05, 0.1) is 11.6 Å². The van der Waals surface area contributed by atoms with E-state index in [0.29, 0.717) is 22.5 Å². The summed E-state index contributed by atoms with van der Waals surface area (Å²) in [4.78, 5) is 27.3. The molecular formula is C25H20N4O2. The third-order valence-corrected chi connectivity index (χ3v) is 4.66. The van der Waals surface area contributed by atoms with Crippen molar-refractivity contribution in [3.8, 4) is 18.4 Å². The molecule has 0 aliphatic heterocycles. The quantitative estimate of drug-likeness (QED) is 0.483. The number of amides is 2. The summed E-state index contributed by atoms with van der Waals surface area (Å²) in [5.74, 6) is 0.994. The summed E-state index contributed by atoms with van der Waals surface area (Å²) in [6.45, 7) is 0.282. The van der Waals surface area contributed by atoms with Crippen LogP contribution in [0.5, 0.6) is 0 Å². The first-order valence-corrected chi connectivity index (χ1v) is 9.50. The van der Waals surface area contributed by atoms with E-state index in [2.05, 4.69) is 11.2 Å². The Balaban J connectivity index is 2.03. The molecule has 0 aliphatic rings. The maximum absolute atomic E-state index is 13.3. The highest BCUT2D eigenvalue weighted by Gasteiger charge is 2.32. The van der Waals surface area contributed by atoms with Crippen molar-refractivity contribution in [2.24, 2.45) is 0 Å².